The Morgan fingerprint density at radius 1 is 1.40 bits per heavy atom. The van der Waals surface area contributed by atoms with Crippen LogP contribution in [0.4, 0.5) is 4.79 Å². The van der Waals surface area contributed by atoms with Gasteiger partial charge in [-0.1, -0.05) is 6.42 Å². The van der Waals surface area contributed by atoms with Gasteiger partial charge in [-0.15, -0.1) is 0 Å². The SMILES string of the molecule is N#CC1CN(C(=O)NC2CCCC(C(=O)O)C2)CCO1. The third kappa shape index (κ3) is 3.61. The number of nitrogens with zero attached hydrogens (tertiary/aromatic N) is 2. The highest BCUT2D eigenvalue weighted by molar-refractivity contribution is 5.75. The summed E-state index contributed by atoms with van der Waals surface area (Å²) >= 11 is 0. The number of carboxylic acid groups (broad SMARTS) is 1. The Morgan fingerprint density at radius 3 is 2.90 bits per heavy atom. The lowest BCUT2D eigenvalue weighted by atomic mass is 9.86. The molecule has 2 N–H and O–H groups in total. The summed E-state index contributed by atoms with van der Waals surface area (Å²) in [4.78, 5) is 24.7. The molecule has 7 nitrogen and oxygen atoms in total. The Labute approximate surface area is 117 Å². The van der Waals surface area contributed by atoms with Gasteiger partial charge in [0.25, 0.3) is 0 Å². The van der Waals surface area contributed by atoms with Crippen molar-refractivity contribution in [2.45, 2.75) is 37.8 Å². The summed E-state index contributed by atoms with van der Waals surface area (Å²) in [5, 5.41) is 20.7. The minimum atomic E-state index is -0.792. The molecule has 1 aliphatic heterocycles. The van der Waals surface area contributed by atoms with E-state index in [1.165, 1.54) is 0 Å². The molecule has 0 spiro atoms. The van der Waals surface area contributed by atoms with Crippen molar-refractivity contribution in [3.8, 4) is 6.07 Å². The first kappa shape index (κ1) is 14.6. The molecule has 3 unspecified atom stereocenters. The predicted molar refractivity (Wildman–Crippen MR) is 68.8 cm³/mol. The quantitative estimate of drug-likeness (QED) is 0.770. The highest BCUT2D eigenvalue weighted by atomic mass is 16.5. The van der Waals surface area contributed by atoms with Crippen LogP contribution >= 0.6 is 0 Å². The first-order valence-electron chi connectivity index (χ1n) is 6.89. The molecule has 0 aromatic heterocycles. The van der Waals surface area contributed by atoms with E-state index in [-0.39, 0.29) is 24.5 Å². The zero-order valence-corrected chi connectivity index (χ0v) is 11.2. The Kier molecular flexibility index (Phi) is 4.79. The summed E-state index contributed by atoms with van der Waals surface area (Å²) in [6.07, 6.45) is 2.20. The maximum Gasteiger partial charge on any atom is 0.317 e. The van der Waals surface area contributed by atoms with Gasteiger partial charge in [-0.25, -0.2) is 4.79 Å². The van der Waals surface area contributed by atoms with Crippen molar-refractivity contribution in [3.63, 3.8) is 0 Å². The number of ether oxygens (including phenoxy) is 1. The highest BCUT2D eigenvalue weighted by Gasteiger charge is 2.30. The molecule has 0 aromatic carbocycles. The molecule has 0 aromatic rings. The number of hydrogen-bond acceptors (Lipinski definition) is 4. The molecule has 20 heavy (non-hydrogen) atoms. The molecule has 0 bridgehead atoms. The minimum absolute atomic E-state index is 0.0965. The van der Waals surface area contributed by atoms with Crippen LogP contribution in [-0.2, 0) is 9.53 Å². The second-order valence-electron chi connectivity index (χ2n) is 5.28. The normalized spacial score (nSPS) is 30.4. The van der Waals surface area contributed by atoms with Crippen molar-refractivity contribution in [1.29, 1.82) is 5.26 Å². The number of carboxylic acids is 1. The van der Waals surface area contributed by atoms with Gasteiger partial charge in [-0.05, 0) is 19.3 Å². The van der Waals surface area contributed by atoms with E-state index in [9.17, 15) is 9.59 Å². The fraction of sp³-hybridized carbons (Fsp3) is 0.769. The van der Waals surface area contributed by atoms with E-state index in [1.54, 1.807) is 4.90 Å². The van der Waals surface area contributed by atoms with Crippen LogP contribution in [0.15, 0.2) is 0 Å². The third-order valence-electron chi connectivity index (χ3n) is 3.85. The molecule has 2 rings (SSSR count). The Balaban J connectivity index is 1.84. The van der Waals surface area contributed by atoms with Crippen LogP contribution in [0.1, 0.15) is 25.7 Å². The lowest BCUT2D eigenvalue weighted by molar-refractivity contribution is -0.143. The van der Waals surface area contributed by atoms with Crippen molar-refractivity contribution in [1.82, 2.24) is 10.2 Å². The zero-order valence-electron chi connectivity index (χ0n) is 11.2. The maximum atomic E-state index is 12.1. The molecule has 2 aliphatic rings. The van der Waals surface area contributed by atoms with Gasteiger partial charge in [0.15, 0.2) is 6.10 Å². The van der Waals surface area contributed by atoms with Crippen LogP contribution in [0.5, 0.6) is 0 Å². The van der Waals surface area contributed by atoms with Gasteiger partial charge in [0.05, 0.1) is 25.1 Å². The summed E-state index contributed by atoms with van der Waals surface area (Å²) in [6, 6.07) is 1.66. The Hall–Kier alpha value is -1.81. The van der Waals surface area contributed by atoms with Gasteiger partial charge >= 0.3 is 12.0 Å². The molecule has 1 aliphatic carbocycles. The molecule has 7 heteroatoms. The maximum absolute atomic E-state index is 12.1. The lowest BCUT2D eigenvalue weighted by Crippen LogP contribution is -2.52. The fourth-order valence-corrected chi connectivity index (χ4v) is 2.72. The fourth-order valence-electron chi connectivity index (χ4n) is 2.72. The highest BCUT2D eigenvalue weighted by Crippen LogP contribution is 2.24. The number of amides is 2. The largest absolute Gasteiger partial charge is 0.481 e. The van der Waals surface area contributed by atoms with Crippen molar-refractivity contribution in [2.24, 2.45) is 5.92 Å². The number of aliphatic carboxylic acids is 1. The molecular weight excluding hydrogens is 262 g/mol. The summed E-state index contributed by atoms with van der Waals surface area (Å²) in [5.41, 5.74) is 0. The summed E-state index contributed by atoms with van der Waals surface area (Å²) in [5.74, 6) is -1.16. The van der Waals surface area contributed by atoms with Crippen molar-refractivity contribution >= 4 is 12.0 Å². The first-order chi connectivity index (χ1) is 9.60. The Bertz CT molecular complexity index is 420. The standard InChI is InChI=1S/C13H19N3O4/c14-7-11-8-16(4-5-20-11)13(19)15-10-3-1-2-9(6-10)12(17)18/h9-11H,1-6,8H2,(H,15,19)(H,17,18). The number of rotatable bonds is 2. The van der Waals surface area contributed by atoms with Crippen molar-refractivity contribution < 1.29 is 19.4 Å². The second-order valence-corrected chi connectivity index (χ2v) is 5.28. The van der Waals surface area contributed by atoms with Crippen LogP contribution in [-0.4, -0.2) is 53.8 Å². The number of nitriles is 1. The number of hydrogen-bond donors (Lipinski definition) is 2. The van der Waals surface area contributed by atoms with Gasteiger partial charge in [0.2, 0.25) is 0 Å². The Morgan fingerprint density at radius 2 is 2.20 bits per heavy atom. The molecule has 3 atom stereocenters. The van der Waals surface area contributed by atoms with Crippen LogP contribution in [0.3, 0.4) is 0 Å². The summed E-state index contributed by atoms with van der Waals surface area (Å²) in [7, 11) is 0. The van der Waals surface area contributed by atoms with E-state index in [0.29, 0.717) is 26.0 Å². The van der Waals surface area contributed by atoms with Gasteiger partial charge in [-0.3, -0.25) is 4.79 Å². The van der Waals surface area contributed by atoms with E-state index in [2.05, 4.69) is 5.32 Å². The van der Waals surface area contributed by atoms with E-state index < -0.39 is 12.1 Å². The van der Waals surface area contributed by atoms with E-state index in [0.717, 1.165) is 12.8 Å². The predicted octanol–water partition coefficient (Wildman–Crippen LogP) is 0.564. The van der Waals surface area contributed by atoms with E-state index >= 15 is 0 Å². The number of carbonyl (C=O) groups excluding carboxylic acids is 1. The molecule has 110 valence electrons. The van der Waals surface area contributed by atoms with Crippen molar-refractivity contribution in [3.05, 3.63) is 0 Å². The van der Waals surface area contributed by atoms with E-state index in [4.69, 9.17) is 15.1 Å². The van der Waals surface area contributed by atoms with Crippen LogP contribution in [0.2, 0.25) is 0 Å². The minimum Gasteiger partial charge on any atom is -0.481 e. The molecular formula is C13H19N3O4. The first-order valence-corrected chi connectivity index (χ1v) is 6.89. The molecule has 2 fully saturated rings. The van der Waals surface area contributed by atoms with Gasteiger partial charge in [-0.2, -0.15) is 5.26 Å². The second kappa shape index (κ2) is 6.57. The zero-order chi connectivity index (χ0) is 14.5. The van der Waals surface area contributed by atoms with E-state index in [1.807, 2.05) is 6.07 Å². The molecule has 0 radical (unpaired) electrons. The number of carbonyl (C=O) groups is 2. The molecule has 1 saturated carbocycles. The van der Waals surface area contributed by atoms with Crippen LogP contribution in [0.25, 0.3) is 0 Å². The molecule has 1 saturated heterocycles. The number of urea groups is 1. The molecule has 1 heterocycles. The monoisotopic (exact) mass is 281 g/mol. The average Bonchev–Trinajstić information content (AvgIpc) is 2.47. The lowest BCUT2D eigenvalue weighted by Gasteiger charge is -2.33. The smallest absolute Gasteiger partial charge is 0.317 e. The average molecular weight is 281 g/mol. The molecule has 2 amide bonds. The summed E-state index contributed by atoms with van der Waals surface area (Å²) < 4.78 is 5.19. The van der Waals surface area contributed by atoms with Crippen LogP contribution < -0.4 is 5.32 Å². The van der Waals surface area contributed by atoms with Gasteiger partial charge in [0.1, 0.15) is 0 Å². The summed E-state index contributed by atoms with van der Waals surface area (Å²) in [6.45, 7) is 1.07. The van der Waals surface area contributed by atoms with Crippen molar-refractivity contribution in [2.75, 3.05) is 19.7 Å². The van der Waals surface area contributed by atoms with Gasteiger partial charge in [0, 0.05) is 12.6 Å². The van der Waals surface area contributed by atoms with Crippen LogP contribution in [0, 0.1) is 17.2 Å². The third-order valence-corrected chi connectivity index (χ3v) is 3.85. The topological polar surface area (TPSA) is 103 Å². The number of nitrogens with one attached hydrogen (secondary N) is 1. The van der Waals surface area contributed by atoms with Gasteiger partial charge < -0.3 is 20.1 Å². The number of morpholine rings is 1.